The first-order valence-electron chi connectivity index (χ1n) is 9.81. The summed E-state index contributed by atoms with van der Waals surface area (Å²) in [7, 11) is 3.66. The molecule has 0 radical (unpaired) electrons. The normalized spacial score (nSPS) is 19.5. The van der Waals surface area contributed by atoms with Gasteiger partial charge in [0, 0.05) is 17.7 Å². The van der Waals surface area contributed by atoms with Gasteiger partial charge in [-0.15, -0.1) is 10.6 Å². The monoisotopic (exact) mass is 425 g/mol. The second kappa shape index (κ2) is 7.61. The maximum absolute atomic E-state index is 12.0. The summed E-state index contributed by atoms with van der Waals surface area (Å²) in [6.45, 7) is 0.990. The SMILES string of the molecule is COc1c2c(cc3c1[C@H](C1=NNNN1c1cccc(C(=O)NN)c1)N(C)CC3)OCO2. The average Bonchev–Trinajstić information content (AvgIpc) is 3.46. The molecule has 1 amide bonds. The standard InChI is InChI=1S/C20H23N7O4/c1-26-7-6-11-9-14-17(31-10-30-14)18(29-2)15(11)16(26)19-23-24-25-27(19)13-5-3-4-12(8-13)20(28)22-21/h3-5,8-9,16,24-25H,6-7,10,21H2,1-2H3,(H,22,28)/t16-/m1/s1. The van der Waals surface area contributed by atoms with Crippen LogP contribution in [0.25, 0.3) is 0 Å². The van der Waals surface area contributed by atoms with Crippen LogP contribution in [0.5, 0.6) is 17.2 Å². The zero-order valence-corrected chi connectivity index (χ0v) is 17.1. The van der Waals surface area contributed by atoms with Crippen LogP contribution < -0.4 is 41.6 Å². The number of nitrogens with two attached hydrogens (primary N) is 1. The Balaban J connectivity index is 1.59. The van der Waals surface area contributed by atoms with Crippen molar-refractivity contribution in [3.8, 4) is 17.2 Å². The Kier molecular flexibility index (Phi) is 4.77. The summed E-state index contributed by atoms with van der Waals surface area (Å²) in [6, 6.07) is 8.88. The maximum atomic E-state index is 12.0. The number of nitrogens with zero attached hydrogens (tertiary/aromatic N) is 3. The zero-order chi connectivity index (χ0) is 21.5. The van der Waals surface area contributed by atoms with Gasteiger partial charge in [-0.1, -0.05) is 6.07 Å². The quantitative estimate of drug-likeness (QED) is 0.313. The lowest BCUT2D eigenvalue weighted by atomic mass is 9.90. The number of amides is 1. The highest BCUT2D eigenvalue weighted by Gasteiger charge is 2.40. The van der Waals surface area contributed by atoms with E-state index in [0.717, 1.165) is 29.8 Å². The molecule has 2 aromatic rings. The molecule has 3 aliphatic heterocycles. The van der Waals surface area contributed by atoms with Gasteiger partial charge in [0.05, 0.1) is 12.8 Å². The van der Waals surface area contributed by atoms with Crippen LogP contribution in [0, 0.1) is 0 Å². The number of nitrogen functional groups attached to an aromatic ring is 1. The van der Waals surface area contributed by atoms with Crippen LogP contribution in [-0.4, -0.2) is 44.1 Å². The summed E-state index contributed by atoms with van der Waals surface area (Å²) in [5.41, 5.74) is 11.3. The number of carbonyl (C=O) groups excluding carboxylic acids is 1. The highest BCUT2D eigenvalue weighted by molar-refractivity contribution is 6.04. The molecule has 1 atom stereocenters. The van der Waals surface area contributed by atoms with Crippen LogP contribution in [0.15, 0.2) is 35.4 Å². The van der Waals surface area contributed by atoms with E-state index in [2.05, 4.69) is 26.5 Å². The van der Waals surface area contributed by atoms with Crippen molar-refractivity contribution in [2.24, 2.45) is 10.9 Å². The summed E-state index contributed by atoms with van der Waals surface area (Å²) in [5.74, 6) is 7.57. The number of fused-ring (bicyclic) bond motifs is 2. The molecule has 31 heavy (non-hydrogen) atoms. The summed E-state index contributed by atoms with van der Waals surface area (Å²) in [6.07, 6.45) is 0.843. The minimum atomic E-state index is -0.373. The Morgan fingerprint density at radius 3 is 3.03 bits per heavy atom. The molecule has 5 N–H and O–H groups in total. The molecule has 0 saturated heterocycles. The van der Waals surface area contributed by atoms with Crippen LogP contribution >= 0.6 is 0 Å². The average molecular weight is 425 g/mol. The number of rotatable bonds is 4. The second-order valence-electron chi connectivity index (χ2n) is 7.40. The fraction of sp³-hybridized carbons (Fsp3) is 0.300. The summed E-state index contributed by atoms with van der Waals surface area (Å²) in [4.78, 5) is 14.2. The molecule has 0 bridgehead atoms. The first-order valence-corrected chi connectivity index (χ1v) is 9.81. The third-order valence-corrected chi connectivity index (χ3v) is 5.70. The lowest BCUT2D eigenvalue weighted by molar-refractivity contribution is 0.0953. The van der Waals surface area contributed by atoms with Gasteiger partial charge in [0.25, 0.3) is 5.91 Å². The molecule has 11 heteroatoms. The zero-order valence-electron chi connectivity index (χ0n) is 17.1. The van der Waals surface area contributed by atoms with Crippen molar-refractivity contribution < 1.29 is 19.0 Å². The fourth-order valence-electron chi connectivity index (χ4n) is 4.25. The molecule has 0 spiro atoms. The smallest absolute Gasteiger partial charge is 0.265 e. The number of methoxy groups -OCH3 is 1. The van der Waals surface area contributed by atoms with Gasteiger partial charge in [0.15, 0.2) is 17.3 Å². The maximum Gasteiger partial charge on any atom is 0.265 e. The van der Waals surface area contributed by atoms with E-state index in [-0.39, 0.29) is 18.7 Å². The number of likely N-dealkylation sites (N-methyl/N-ethyl adjacent to an activating group) is 1. The molecule has 0 saturated carbocycles. The van der Waals surface area contributed by atoms with Crippen molar-refractivity contribution in [3.05, 3.63) is 47.0 Å². The number of hydrazone groups is 1. The number of anilines is 1. The second-order valence-corrected chi connectivity index (χ2v) is 7.40. The lowest BCUT2D eigenvalue weighted by Crippen LogP contribution is -2.48. The van der Waals surface area contributed by atoms with Gasteiger partial charge in [-0.2, -0.15) is 0 Å². The van der Waals surface area contributed by atoms with E-state index in [1.165, 1.54) is 0 Å². The fourth-order valence-corrected chi connectivity index (χ4v) is 4.25. The summed E-state index contributed by atoms with van der Waals surface area (Å²) >= 11 is 0. The molecule has 0 unspecified atom stereocenters. The van der Waals surface area contributed by atoms with Crippen LogP contribution in [0.4, 0.5) is 5.69 Å². The molecule has 5 rings (SSSR count). The minimum Gasteiger partial charge on any atom is -0.492 e. The van der Waals surface area contributed by atoms with E-state index in [0.29, 0.717) is 28.6 Å². The van der Waals surface area contributed by atoms with Crippen molar-refractivity contribution in [1.82, 2.24) is 21.4 Å². The van der Waals surface area contributed by atoms with Crippen molar-refractivity contribution >= 4 is 17.4 Å². The Morgan fingerprint density at radius 1 is 1.35 bits per heavy atom. The van der Waals surface area contributed by atoms with Crippen molar-refractivity contribution in [3.63, 3.8) is 0 Å². The van der Waals surface area contributed by atoms with Gasteiger partial charge in [-0.25, -0.2) is 16.4 Å². The number of amidine groups is 1. The summed E-state index contributed by atoms with van der Waals surface area (Å²) in [5, 5.41) is 6.32. The number of hydrazine groups is 3. The highest BCUT2D eigenvalue weighted by Crippen LogP contribution is 2.50. The van der Waals surface area contributed by atoms with E-state index in [9.17, 15) is 4.79 Å². The van der Waals surface area contributed by atoms with Gasteiger partial charge in [0.1, 0.15) is 6.04 Å². The van der Waals surface area contributed by atoms with Crippen LogP contribution in [-0.2, 0) is 6.42 Å². The minimum absolute atomic E-state index is 0.168. The molecule has 11 nitrogen and oxygen atoms in total. The van der Waals surface area contributed by atoms with E-state index >= 15 is 0 Å². The topological polar surface area (TPSA) is 126 Å². The summed E-state index contributed by atoms with van der Waals surface area (Å²) < 4.78 is 17.1. The Bertz CT molecular complexity index is 1070. The van der Waals surface area contributed by atoms with Crippen molar-refractivity contribution in [2.45, 2.75) is 12.5 Å². The van der Waals surface area contributed by atoms with Crippen LogP contribution in [0.2, 0.25) is 0 Å². The molecule has 3 aliphatic rings. The Labute approximate surface area is 178 Å². The van der Waals surface area contributed by atoms with Gasteiger partial charge in [-0.05, 0) is 43.3 Å². The van der Waals surface area contributed by atoms with Crippen molar-refractivity contribution in [1.29, 1.82) is 0 Å². The van der Waals surface area contributed by atoms with Crippen LogP contribution in [0.1, 0.15) is 27.5 Å². The molecule has 0 fully saturated rings. The molecular weight excluding hydrogens is 402 g/mol. The van der Waals surface area contributed by atoms with Gasteiger partial charge in [-0.3, -0.25) is 15.1 Å². The molecule has 0 aliphatic carbocycles. The van der Waals surface area contributed by atoms with Gasteiger partial charge >= 0.3 is 0 Å². The predicted molar refractivity (Wildman–Crippen MR) is 112 cm³/mol. The number of nitrogens with one attached hydrogen (secondary N) is 3. The molecule has 162 valence electrons. The van der Waals surface area contributed by atoms with E-state index in [1.807, 2.05) is 19.2 Å². The van der Waals surface area contributed by atoms with E-state index in [1.54, 1.807) is 30.3 Å². The number of carbonyl (C=O) groups is 1. The Hall–Kier alpha value is -3.54. The van der Waals surface area contributed by atoms with Crippen molar-refractivity contribution in [2.75, 3.05) is 32.5 Å². The van der Waals surface area contributed by atoms with E-state index in [4.69, 9.17) is 20.1 Å². The molecular formula is C20H23N7O4. The number of ether oxygens (including phenoxy) is 3. The number of benzene rings is 2. The first-order chi connectivity index (χ1) is 15.1. The third kappa shape index (κ3) is 3.10. The van der Waals surface area contributed by atoms with Gasteiger partial charge in [0.2, 0.25) is 12.5 Å². The molecule has 0 aromatic heterocycles. The number of hydrogen-bond donors (Lipinski definition) is 4. The van der Waals surface area contributed by atoms with E-state index < -0.39 is 0 Å². The third-order valence-electron chi connectivity index (χ3n) is 5.70. The number of hydrogen-bond acceptors (Lipinski definition) is 10. The van der Waals surface area contributed by atoms with Crippen LogP contribution in [0.3, 0.4) is 0 Å². The largest absolute Gasteiger partial charge is 0.492 e. The predicted octanol–water partition coefficient (Wildman–Crippen LogP) is 0.399. The highest BCUT2D eigenvalue weighted by atomic mass is 16.7. The molecule has 3 heterocycles. The van der Waals surface area contributed by atoms with Gasteiger partial charge < -0.3 is 14.2 Å². The molecule has 2 aromatic carbocycles. The Morgan fingerprint density at radius 2 is 2.23 bits per heavy atom. The first kappa shape index (κ1) is 19.4. The lowest BCUT2D eigenvalue weighted by Gasteiger charge is -2.37.